The molecule has 3 unspecified atom stereocenters. The van der Waals surface area contributed by atoms with E-state index in [4.69, 9.17) is 10.7 Å². The van der Waals surface area contributed by atoms with Gasteiger partial charge in [-0.25, -0.2) is 4.99 Å². The quantitative estimate of drug-likeness (QED) is 0.491. The summed E-state index contributed by atoms with van der Waals surface area (Å²) in [5.74, 6) is 1.76. The molecule has 142 valence electrons. The van der Waals surface area contributed by atoms with Crippen LogP contribution in [0.2, 0.25) is 0 Å². The van der Waals surface area contributed by atoms with Gasteiger partial charge in [-0.3, -0.25) is 4.98 Å². The predicted octanol–water partition coefficient (Wildman–Crippen LogP) is 4.29. The van der Waals surface area contributed by atoms with E-state index < -0.39 is 15.0 Å². The average molecular weight is 400 g/mol. The van der Waals surface area contributed by atoms with Gasteiger partial charge >= 0.3 is 0 Å². The molecule has 0 spiro atoms. The van der Waals surface area contributed by atoms with Crippen molar-refractivity contribution in [1.29, 1.82) is 10.5 Å². The Hall–Kier alpha value is -1.70. The van der Waals surface area contributed by atoms with E-state index >= 15 is 0 Å². The van der Waals surface area contributed by atoms with Gasteiger partial charge in [0.2, 0.25) is 0 Å². The maximum Gasteiger partial charge on any atom is 0.175 e. The van der Waals surface area contributed by atoms with E-state index in [1.165, 1.54) is 0 Å². The molecular weight excluding hydrogens is 374 g/mol. The minimum atomic E-state index is -1.07. The number of aromatic nitrogens is 1. The second-order valence-electron chi connectivity index (χ2n) is 7.01. The fourth-order valence-electron chi connectivity index (χ4n) is 4.06. The molecule has 1 saturated carbocycles. The van der Waals surface area contributed by atoms with Crippen LogP contribution in [0.1, 0.15) is 51.1 Å². The van der Waals surface area contributed by atoms with E-state index in [2.05, 4.69) is 31.0 Å². The zero-order valence-electron chi connectivity index (χ0n) is 15.8. The van der Waals surface area contributed by atoms with Crippen LogP contribution in [0, 0.1) is 33.5 Å². The highest BCUT2D eigenvalue weighted by atomic mass is 32.2. The normalized spacial score (nSPS) is 30.1. The van der Waals surface area contributed by atoms with Crippen LogP contribution in [0.15, 0.2) is 29.4 Å². The van der Waals surface area contributed by atoms with Gasteiger partial charge in [0.05, 0.1) is 18.1 Å². The van der Waals surface area contributed by atoms with Gasteiger partial charge in [0, 0.05) is 11.9 Å². The molecular formula is C20H25N5S2. The van der Waals surface area contributed by atoms with Crippen molar-refractivity contribution in [1.82, 2.24) is 4.98 Å². The lowest BCUT2D eigenvalue weighted by Crippen LogP contribution is -2.32. The molecule has 2 aliphatic rings. The van der Waals surface area contributed by atoms with Crippen LogP contribution < -0.4 is 5.73 Å². The second kappa shape index (κ2) is 7.73. The van der Waals surface area contributed by atoms with Crippen LogP contribution in [0.4, 0.5) is 0 Å². The van der Waals surface area contributed by atoms with Crippen LogP contribution >= 0.6 is 23.5 Å². The molecule has 1 aliphatic heterocycles. The topological polar surface area (TPSA) is 98.8 Å². The summed E-state index contributed by atoms with van der Waals surface area (Å²) in [4.78, 5) is 9.27. The van der Waals surface area contributed by atoms with E-state index in [-0.39, 0.29) is 5.92 Å². The van der Waals surface area contributed by atoms with Crippen molar-refractivity contribution < 1.29 is 0 Å². The van der Waals surface area contributed by atoms with Gasteiger partial charge in [0.15, 0.2) is 4.20 Å². The van der Waals surface area contributed by atoms with Crippen molar-refractivity contribution in [3.05, 3.63) is 30.1 Å². The molecule has 3 rings (SSSR count). The number of nitrogens with two attached hydrogens (primary N) is 1. The van der Waals surface area contributed by atoms with Crippen LogP contribution in [-0.2, 0) is 0 Å². The number of thioether (sulfide) groups is 2. The summed E-state index contributed by atoms with van der Waals surface area (Å²) in [6, 6.07) is 10.6. The molecule has 2 heterocycles. The lowest BCUT2D eigenvalue weighted by Gasteiger charge is -2.32. The molecule has 5 nitrogen and oxygen atoms in total. The molecule has 1 aliphatic carbocycles. The predicted molar refractivity (Wildman–Crippen MR) is 112 cm³/mol. The number of hydrogen-bond acceptors (Lipinski definition) is 7. The maximum absolute atomic E-state index is 10.4. The number of pyridine rings is 1. The number of amidine groups is 1. The van der Waals surface area contributed by atoms with Crippen molar-refractivity contribution in [2.24, 2.45) is 21.6 Å². The zero-order chi connectivity index (χ0) is 19.5. The summed E-state index contributed by atoms with van der Waals surface area (Å²) in [7, 11) is 0. The minimum Gasteiger partial charge on any atom is -0.386 e. The van der Waals surface area contributed by atoms with Gasteiger partial charge in [-0.1, -0.05) is 32.8 Å². The summed E-state index contributed by atoms with van der Waals surface area (Å²) in [5, 5.41) is 20.5. The fraction of sp³-hybridized carbons (Fsp3) is 0.600. The van der Waals surface area contributed by atoms with Gasteiger partial charge in [-0.15, -0.1) is 23.5 Å². The highest BCUT2D eigenvalue weighted by Crippen LogP contribution is 2.85. The Kier molecular flexibility index (Phi) is 5.74. The van der Waals surface area contributed by atoms with E-state index in [1.807, 2.05) is 18.2 Å². The SMILES string of the molecule is CCCCSC1(SCCCC)N=C(N)C2(C#N)C(c3ccccn3)C12C#N. The third kappa shape index (κ3) is 2.67. The molecule has 1 aromatic rings. The monoisotopic (exact) mass is 399 g/mol. The molecule has 3 atom stereocenters. The minimum absolute atomic E-state index is 0.301. The van der Waals surface area contributed by atoms with Crippen molar-refractivity contribution >= 4 is 29.4 Å². The fourth-order valence-corrected chi connectivity index (χ4v) is 7.74. The van der Waals surface area contributed by atoms with Crippen LogP contribution in [0.3, 0.4) is 0 Å². The van der Waals surface area contributed by atoms with Crippen LogP contribution in [-0.4, -0.2) is 26.5 Å². The molecule has 0 aromatic carbocycles. The van der Waals surface area contributed by atoms with Gasteiger partial charge < -0.3 is 5.73 Å². The number of nitrogens with zero attached hydrogens (tertiary/aromatic N) is 4. The Bertz CT molecular complexity index is 787. The largest absolute Gasteiger partial charge is 0.386 e. The van der Waals surface area contributed by atoms with Crippen molar-refractivity contribution in [2.45, 2.75) is 49.7 Å². The molecule has 0 saturated heterocycles. The van der Waals surface area contributed by atoms with Gasteiger partial charge in [0.25, 0.3) is 0 Å². The average Bonchev–Trinajstić information content (AvgIpc) is 3.27. The molecule has 0 amide bonds. The molecule has 1 aromatic heterocycles. The molecule has 1 fully saturated rings. The molecule has 0 radical (unpaired) electrons. The first-order chi connectivity index (χ1) is 13.1. The summed E-state index contributed by atoms with van der Waals surface area (Å²) in [5.41, 5.74) is 5.08. The Morgan fingerprint density at radius 2 is 1.78 bits per heavy atom. The Balaban J connectivity index is 2.08. The summed E-state index contributed by atoms with van der Waals surface area (Å²) < 4.78 is -0.742. The van der Waals surface area contributed by atoms with E-state index in [0.717, 1.165) is 42.9 Å². The third-order valence-corrected chi connectivity index (χ3v) is 8.80. The van der Waals surface area contributed by atoms with E-state index in [1.54, 1.807) is 29.7 Å². The number of aliphatic imine (C=N–C) groups is 1. The van der Waals surface area contributed by atoms with Crippen molar-refractivity contribution in [3.63, 3.8) is 0 Å². The highest BCUT2D eigenvalue weighted by molar-refractivity contribution is 8.18. The Morgan fingerprint density at radius 3 is 2.26 bits per heavy atom. The van der Waals surface area contributed by atoms with Gasteiger partial charge in [-0.05, 0) is 36.5 Å². The highest BCUT2D eigenvalue weighted by Gasteiger charge is 2.92. The van der Waals surface area contributed by atoms with Gasteiger partial charge in [-0.2, -0.15) is 10.5 Å². The number of rotatable bonds is 9. The molecule has 27 heavy (non-hydrogen) atoms. The first-order valence-corrected chi connectivity index (χ1v) is 11.4. The molecule has 0 bridgehead atoms. The summed E-state index contributed by atoms with van der Waals surface area (Å²) in [6.07, 6.45) is 5.96. The smallest absolute Gasteiger partial charge is 0.175 e. The Morgan fingerprint density at radius 1 is 1.11 bits per heavy atom. The van der Waals surface area contributed by atoms with Crippen molar-refractivity contribution in [3.8, 4) is 12.1 Å². The molecule has 7 heteroatoms. The lowest BCUT2D eigenvalue weighted by molar-refractivity contribution is 0.560. The number of unbranched alkanes of at least 4 members (excludes halogenated alkanes) is 2. The maximum atomic E-state index is 10.4. The Labute approximate surface area is 169 Å². The summed E-state index contributed by atoms with van der Waals surface area (Å²) >= 11 is 3.38. The van der Waals surface area contributed by atoms with E-state index in [0.29, 0.717) is 5.84 Å². The standard InChI is InChI=1S/C20H25N5S2/c1-3-5-11-26-20(27-12-6-4-2)19(14-22)16(15-9-7-8-10-24-15)18(19,13-21)17(23)25-20/h7-10,16H,3-6,11-12H2,1-2H3,(H2,23,25). The first kappa shape index (κ1) is 20.0. The third-order valence-electron chi connectivity index (χ3n) is 5.50. The molecule has 2 N–H and O–H groups in total. The van der Waals surface area contributed by atoms with E-state index in [9.17, 15) is 10.5 Å². The van der Waals surface area contributed by atoms with Crippen LogP contribution in [0.25, 0.3) is 0 Å². The number of fused-ring (bicyclic) bond motifs is 1. The van der Waals surface area contributed by atoms with Crippen LogP contribution in [0.5, 0.6) is 0 Å². The zero-order valence-corrected chi connectivity index (χ0v) is 17.4. The first-order valence-electron chi connectivity index (χ1n) is 9.47. The lowest BCUT2D eigenvalue weighted by atomic mass is 9.97. The number of hydrogen-bond donors (Lipinski definition) is 1. The number of nitriles is 2. The van der Waals surface area contributed by atoms with Crippen molar-refractivity contribution in [2.75, 3.05) is 11.5 Å². The van der Waals surface area contributed by atoms with Gasteiger partial charge in [0.1, 0.15) is 16.7 Å². The summed E-state index contributed by atoms with van der Waals surface area (Å²) in [6.45, 7) is 4.30. The second-order valence-corrected chi connectivity index (χ2v) is 9.84.